The molecule has 1 N–H and O–H groups in total. The average Bonchev–Trinajstić information content (AvgIpc) is 2.71. The number of rotatable bonds is 3. The predicted molar refractivity (Wildman–Crippen MR) is 67.0 cm³/mol. The minimum Gasteiger partial charge on any atom is -0.388 e. The third-order valence-electron chi connectivity index (χ3n) is 2.41. The molecular formula is C12H8BrF3OS. The Hall–Kier alpha value is -0.850. The molecule has 1 aromatic heterocycles. The van der Waals surface area contributed by atoms with Crippen LogP contribution in [0.3, 0.4) is 0 Å². The first-order chi connectivity index (χ1) is 8.47. The fourth-order valence-electron chi connectivity index (χ4n) is 1.54. The van der Waals surface area contributed by atoms with Crippen molar-refractivity contribution in [3.05, 3.63) is 55.9 Å². The molecule has 0 bridgehead atoms. The van der Waals surface area contributed by atoms with Gasteiger partial charge in [0.25, 0.3) is 0 Å². The molecule has 6 heteroatoms. The fourth-order valence-corrected chi connectivity index (χ4v) is 3.06. The first-order valence-corrected chi connectivity index (χ1v) is 6.65. The van der Waals surface area contributed by atoms with Gasteiger partial charge in [0, 0.05) is 11.3 Å². The Labute approximate surface area is 114 Å². The maximum Gasteiger partial charge on any atom is 0.194 e. The van der Waals surface area contributed by atoms with Crippen LogP contribution in [0.25, 0.3) is 0 Å². The molecule has 1 aromatic carbocycles. The van der Waals surface area contributed by atoms with Crippen molar-refractivity contribution in [2.45, 2.75) is 12.5 Å². The lowest BCUT2D eigenvalue weighted by Gasteiger charge is -2.10. The van der Waals surface area contributed by atoms with Crippen molar-refractivity contribution in [2.24, 2.45) is 0 Å². The minimum atomic E-state index is -1.52. The highest BCUT2D eigenvalue weighted by atomic mass is 79.9. The van der Waals surface area contributed by atoms with Gasteiger partial charge in [-0.2, -0.15) is 0 Å². The van der Waals surface area contributed by atoms with Gasteiger partial charge in [-0.05, 0) is 45.8 Å². The molecule has 18 heavy (non-hydrogen) atoms. The summed E-state index contributed by atoms with van der Waals surface area (Å²) in [4.78, 5) is 0.861. The predicted octanol–water partition coefficient (Wildman–Crippen LogP) is 4.20. The van der Waals surface area contributed by atoms with Crippen molar-refractivity contribution in [3.8, 4) is 0 Å². The van der Waals surface area contributed by atoms with Crippen LogP contribution in [0, 0.1) is 17.5 Å². The highest BCUT2D eigenvalue weighted by Gasteiger charge is 2.16. The van der Waals surface area contributed by atoms with E-state index in [0.717, 1.165) is 20.8 Å². The van der Waals surface area contributed by atoms with Gasteiger partial charge < -0.3 is 5.11 Å². The number of aliphatic hydroxyl groups is 1. The highest BCUT2D eigenvalue weighted by molar-refractivity contribution is 9.11. The number of aliphatic hydroxyl groups excluding tert-OH is 1. The van der Waals surface area contributed by atoms with E-state index < -0.39 is 23.6 Å². The van der Waals surface area contributed by atoms with Gasteiger partial charge in [0.2, 0.25) is 0 Å². The van der Waals surface area contributed by atoms with Gasteiger partial charge in [0.1, 0.15) is 0 Å². The van der Waals surface area contributed by atoms with Gasteiger partial charge >= 0.3 is 0 Å². The molecule has 1 unspecified atom stereocenters. The summed E-state index contributed by atoms with van der Waals surface area (Å²) in [5.41, 5.74) is 0.0240. The van der Waals surface area contributed by atoms with Crippen molar-refractivity contribution >= 4 is 27.3 Å². The Morgan fingerprint density at radius 2 is 1.78 bits per heavy atom. The number of thiophene rings is 1. The lowest BCUT2D eigenvalue weighted by molar-refractivity contribution is 0.178. The molecule has 0 aliphatic carbocycles. The lowest BCUT2D eigenvalue weighted by atomic mass is 10.1. The van der Waals surface area contributed by atoms with Gasteiger partial charge in [0.15, 0.2) is 17.5 Å². The van der Waals surface area contributed by atoms with E-state index in [9.17, 15) is 18.3 Å². The molecule has 0 spiro atoms. The summed E-state index contributed by atoms with van der Waals surface area (Å²) in [5.74, 6) is -4.11. The summed E-state index contributed by atoms with van der Waals surface area (Å²) in [5, 5.41) is 9.86. The summed E-state index contributed by atoms with van der Waals surface area (Å²) in [6, 6.07) is 5.24. The van der Waals surface area contributed by atoms with Crippen LogP contribution in [0.15, 0.2) is 28.1 Å². The van der Waals surface area contributed by atoms with Crippen LogP contribution < -0.4 is 0 Å². The topological polar surface area (TPSA) is 20.2 Å². The Morgan fingerprint density at radius 1 is 1.17 bits per heavy atom. The summed E-state index contributed by atoms with van der Waals surface area (Å²) >= 11 is 4.70. The summed E-state index contributed by atoms with van der Waals surface area (Å²) in [7, 11) is 0. The number of benzene rings is 1. The van der Waals surface area contributed by atoms with Gasteiger partial charge in [-0.1, -0.05) is 0 Å². The normalized spacial score (nSPS) is 12.7. The molecule has 0 amide bonds. The average molecular weight is 337 g/mol. The van der Waals surface area contributed by atoms with Crippen molar-refractivity contribution in [1.29, 1.82) is 0 Å². The molecule has 1 heterocycles. The van der Waals surface area contributed by atoms with E-state index in [1.54, 1.807) is 6.07 Å². The molecule has 96 valence electrons. The molecule has 1 atom stereocenters. The van der Waals surface area contributed by atoms with Crippen LogP contribution in [0.1, 0.15) is 16.5 Å². The zero-order chi connectivity index (χ0) is 13.3. The van der Waals surface area contributed by atoms with Crippen LogP contribution in [0.4, 0.5) is 13.2 Å². The maximum atomic E-state index is 13.0. The SMILES string of the molecule is OC(Cc1ccc(Br)s1)c1cc(F)c(F)c(F)c1. The summed E-state index contributed by atoms with van der Waals surface area (Å²) < 4.78 is 39.7. The maximum absolute atomic E-state index is 13.0. The van der Waals surface area contributed by atoms with E-state index >= 15 is 0 Å². The van der Waals surface area contributed by atoms with E-state index in [2.05, 4.69) is 15.9 Å². The third kappa shape index (κ3) is 2.93. The molecule has 0 saturated heterocycles. The highest BCUT2D eigenvalue weighted by Crippen LogP contribution is 2.28. The second-order valence-corrected chi connectivity index (χ2v) is 6.27. The minimum absolute atomic E-state index is 0.0240. The zero-order valence-electron chi connectivity index (χ0n) is 8.96. The van der Waals surface area contributed by atoms with Crippen molar-refractivity contribution in [2.75, 3.05) is 0 Å². The van der Waals surface area contributed by atoms with E-state index in [-0.39, 0.29) is 12.0 Å². The molecule has 0 saturated carbocycles. The number of hydrogen-bond acceptors (Lipinski definition) is 2. The molecular weight excluding hydrogens is 329 g/mol. The zero-order valence-corrected chi connectivity index (χ0v) is 11.4. The quantitative estimate of drug-likeness (QED) is 0.832. The summed E-state index contributed by atoms with van der Waals surface area (Å²) in [6.07, 6.45) is -0.846. The number of halogens is 4. The molecule has 2 rings (SSSR count). The van der Waals surface area contributed by atoms with Crippen LogP contribution in [0.5, 0.6) is 0 Å². The molecule has 1 nitrogen and oxygen atoms in total. The van der Waals surface area contributed by atoms with E-state index in [4.69, 9.17) is 0 Å². The van der Waals surface area contributed by atoms with E-state index in [1.165, 1.54) is 11.3 Å². The fraction of sp³-hybridized carbons (Fsp3) is 0.167. The second kappa shape index (κ2) is 5.42. The smallest absolute Gasteiger partial charge is 0.194 e. The lowest BCUT2D eigenvalue weighted by Crippen LogP contribution is -2.03. The molecule has 0 aliphatic rings. The van der Waals surface area contributed by atoms with E-state index in [1.807, 2.05) is 6.07 Å². The molecule has 0 fully saturated rings. The van der Waals surface area contributed by atoms with Crippen LogP contribution in [-0.4, -0.2) is 5.11 Å². The Kier molecular flexibility index (Phi) is 4.09. The first-order valence-electron chi connectivity index (χ1n) is 5.04. The summed E-state index contributed by atoms with van der Waals surface area (Å²) in [6.45, 7) is 0. The Bertz CT molecular complexity index is 547. The van der Waals surface area contributed by atoms with Crippen molar-refractivity contribution < 1.29 is 18.3 Å². The molecule has 0 aliphatic heterocycles. The molecule has 0 radical (unpaired) electrons. The van der Waals surface area contributed by atoms with Crippen LogP contribution in [0.2, 0.25) is 0 Å². The van der Waals surface area contributed by atoms with Crippen LogP contribution in [-0.2, 0) is 6.42 Å². The Balaban J connectivity index is 2.21. The van der Waals surface area contributed by atoms with Gasteiger partial charge in [-0.3, -0.25) is 0 Å². The van der Waals surface area contributed by atoms with Crippen molar-refractivity contribution in [1.82, 2.24) is 0 Å². The standard InChI is InChI=1S/C12H8BrF3OS/c13-11-2-1-7(18-11)5-10(17)6-3-8(14)12(16)9(15)4-6/h1-4,10,17H,5H2. The Morgan fingerprint density at radius 3 is 2.28 bits per heavy atom. The third-order valence-corrected chi connectivity index (χ3v) is 4.06. The van der Waals surface area contributed by atoms with E-state index in [0.29, 0.717) is 0 Å². The monoisotopic (exact) mass is 336 g/mol. The van der Waals surface area contributed by atoms with Gasteiger partial charge in [-0.25, -0.2) is 13.2 Å². The first kappa shape index (κ1) is 13.6. The second-order valence-electron chi connectivity index (χ2n) is 3.72. The van der Waals surface area contributed by atoms with Gasteiger partial charge in [0.05, 0.1) is 9.89 Å². The molecule has 2 aromatic rings. The number of hydrogen-bond donors (Lipinski definition) is 1. The van der Waals surface area contributed by atoms with Gasteiger partial charge in [-0.15, -0.1) is 11.3 Å². The van der Waals surface area contributed by atoms with Crippen molar-refractivity contribution in [3.63, 3.8) is 0 Å². The van der Waals surface area contributed by atoms with Crippen LogP contribution >= 0.6 is 27.3 Å². The largest absolute Gasteiger partial charge is 0.388 e.